The van der Waals surface area contributed by atoms with Gasteiger partial charge in [0.25, 0.3) is 0 Å². The molecule has 0 spiro atoms. The third-order valence-electron chi connectivity index (χ3n) is 3.62. The normalized spacial score (nSPS) is 10.2. The van der Waals surface area contributed by atoms with E-state index in [0.29, 0.717) is 22.8 Å². The third kappa shape index (κ3) is 2.92. The second kappa shape index (κ2) is 7.08. The molecule has 0 aliphatic rings. The number of carboxylic acid groups (broad SMARTS) is 1. The van der Waals surface area contributed by atoms with Gasteiger partial charge in [-0.3, -0.25) is 0 Å². The number of nitrogens with zero attached hydrogens (tertiary/aromatic N) is 1. The minimum Gasteiger partial charge on any atom is -0.492 e. The van der Waals surface area contributed by atoms with Crippen molar-refractivity contribution < 1.29 is 28.8 Å². The number of aromatic nitrogens is 1. The number of aromatic carboxylic acids is 1. The van der Waals surface area contributed by atoms with E-state index in [1.165, 1.54) is 34.5 Å². The van der Waals surface area contributed by atoms with Crippen molar-refractivity contribution in [1.82, 2.24) is 4.98 Å². The molecule has 0 aliphatic carbocycles. The molecule has 2 aromatic rings. The monoisotopic (exact) mass is 333 g/mol. The van der Waals surface area contributed by atoms with Crippen LogP contribution in [0, 0.1) is 6.92 Å². The van der Waals surface area contributed by atoms with Crippen molar-refractivity contribution in [2.45, 2.75) is 6.92 Å². The summed E-state index contributed by atoms with van der Waals surface area (Å²) in [6.45, 7) is 1.87. The van der Waals surface area contributed by atoms with E-state index in [1.54, 1.807) is 12.3 Å². The van der Waals surface area contributed by atoms with Crippen LogP contribution in [0.15, 0.2) is 18.3 Å². The number of carboxylic acids is 1. The summed E-state index contributed by atoms with van der Waals surface area (Å²) in [7, 11) is 5.81. The second-order valence-corrected chi connectivity index (χ2v) is 4.92. The highest BCUT2D eigenvalue weighted by atomic mass is 16.5. The average Bonchev–Trinajstić information content (AvgIpc) is 2.59. The van der Waals surface area contributed by atoms with Gasteiger partial charge < -0.3 is 24.1 Å². The van der Waals surface area contributed by atoms with Crippen LogP contribution in [0.3, 0.4) is 0 Å². The molecule has 24 heavy (non-hydrogen) atoms. The topological polar surface area (TPSA) is 87.1 Å². The van der Waals surface area contributed by atoms with E-state index in [1.807, 2.05) is 6.92 Å². The average molecular weight is 333 g/mol. The zero-order valence-electron chi connectivity index (χ0n) is 14.2. The van der Waals surface area contributed by atoms with Gasteiger partial charge in [-0.15, -0.1) is 0 Å². The molecule has 128 valence electrons. The first-order chi connectivity index (χ1) is 11.5. The Morgan fingerprint density at radius 3 is 2.00 bits per heavy atom. The lowest BCUT2D eigenvalue weighted by Gasteiger charge is -2.19. The number of hydrogen-bond acceptors (Lipinski definition) is 6. The Morgan fingerprint density at radius 1 is 0.917 bits per heavy atom. The SMILES string of the molecule is COc1cc(C)c(-c2cc(C(=O)O)c(OC)c(OC)c2OC)cn1. The number of carbonyl (C=O) groups is 1. The lowest BCUT2D eigenvalue weighted by atomic mass is 9.98. The van der Waals surface area contributed by atoms with Gasteiger partial charge in [-0.2, -0.15) is 0 Å². The van der Waals surface area contributed by atoms with E-state index in [-0.39, 0.29) is 17.1 Å². The van der Waals surface area contributed by atoms with Crippen LogP contribution in [0.2, 0.25) is 0 Å². The molecule has 2 rings (SSSR count). The number of rotatable bonds is 6. The summed E-state index contributed by atoms with van der Waals surface area (Å²) in [5.74, 6) is 0.0200. The first-order valence-corrected chi connectivity index (χ1v) is 7.05. The molecule has 1 aromatic heterocycles. The molecule has 0 unspecified atom stereocenters. The molecule has 1 N–H and O–H groups in total. The van der Waals surface area contributed by atoms with Crippen LogP contribution >= 0.6 is 0 Å². The summed E-state index contributed by atoms with van der Waals surface area (Å²) in [6, 6.07) is 3.24. The molecule has 1 aromatic carbocycles. The van der Waals surface area contributed by atoms with Crippen LogP contribution in [0.1, 0.15) is 15.9 Å². The van der Waals surface area contributed by atoms with Crippen molar-refractivity contribution in [2.75, 3.05) is 28.4 Å². The molecule has 0 bridgehead atoms. The lowest BCUT2D eigenvalue weighted by molar-refractivity contribution is 0.0692. The van der Waals surface area contributed by atoms with Crippen LogP contribution in [0.4, 0.5) is 0 Å². The molecular weight excluding hydrogens is 314 g/mol. The highest BCUT2D eigenvalue weighted by molar-refractivity contribution is 5.96. The van der Waals surface area contributed by atoms with E-state index in [4.69, 9.17) is 18.9 Å². The number of aryl methyl sites for hydroxylation is 1. The Hall–Kier alpha value is -2.96. The molecule has 7 nitrogen and oxygen atoms in total. The Morgan fingerprint density at radius 2 is 1.54 bits per heavy atom. The highest BCUT2D eigenvalue weighted by Crippen LogP contribution is 2.47. The summed E-state index contributed by atoms with van der Waals surface area (Å²) < 4.78 is 21.1. The molecule has 0 amide bonds. The fourth-order valence-electron chi connectivity index (χ4n) is 2.50. The van der Waals surface area contributed by atoms with Gasteiger partial charge in [0.2, 0.25) is 11.6 Å². The molecule has 0 atom stereocenters. The van der Waals surface area contributed by atoms with Gasteiger partial charge in [0.1, 0.15) is 5.56 Å². The molecule has 7 heteroatoms. The van der Waals surface area contributed by atoms with Gasteiger partial charge in [-0.05, 0) is 18.6 Å². The molecule has 0 radical (unpaired) electrons. The Bertz CT molecular complexity index is 772. The van der Waals surface area contributed by atoms with Gasteiger partial charge >= 0.3 is 5.97 Å². The second-order valence-electron chi connectivity index (χ2n) is 4.92. The Kier molecular flexibility index (Phi) is 5.13. The van der Waals surface area contributed by atoms with Crippen LogP contribution in [0.25, 0.3) is 11.1 Å². The third-order valence-corrected chi connectivity index (χ3v) is 3.62. The maximum Gasteiger partial charge on any atom is 0.339 e. The number of pyridine rings is 1. The van der Waals surface area contributed by atoms with Gasteiger partial charge in [0.05, 0.1) is 28.4 Å². The lowest BCUT2D eigenvalue weighted by Crippen LogP contribution is -2.06. The summed E-state index contributed by atoms with van der Waals surface area (Å²) in [5, 5.41) is 9.49. The minimum absolute atomic E-state index is 0.0274. The van der Waals surface area contributed by atoms with Gasteiger partial charge in [-0.25, -0.2) is 9.78 Å². The van der Waals surface area contributed by atoms with Crippen molar-refractivity contribution >= 4 is 5.97 Å². The Balaban J connectivity index is 2.82. The first-order valence-electron chi connectivity index (χ1n) is 7.05. The number of methoxy groups -OCH3 is 4. The predicted molar refractivity (Wildman–Crippen MR) is 87.6 cm³/mol. The van der Waals surface area contributed by atoms with Crippen LogP contribution < -0.4 is 18.9 Å². The smallest absolute Gasteiger partial charge is 0.339 e. The van der Waals surface area contributed by atoms with Crippen LogP contribution in [0.5, 0.6) is 23.1 Å². The fourth-order valence-corrected chi connectivity index (χ4v) is 2.50. The predicted octanol–water partition coefficient (Wildman–Crippen LogP) is 2.79. The quantitative estimate of drug-likeness (QED) is 0.869. The molecule has 0 saturated carbocycles. The summed E-state index contributed by atoms with van der Waals surface area (Å²) in [6.07, 6.45) is 1.60. The molecular formula is C17H19NO6. The van der Waals surface area contributed by atoms with Crippen molar-refractivity contribution in [3.05, 3.63) is 29.5 Å². The van der Waals surface area contributed by atoms with E-state index >= 15 is 0 Å². The Labute approximate surface area is 139 Å². The van der Waals surface area contributed by atoms with E-state index < -0.39 is 5.97 Å². The van der Waals surface area contributed by atoms with E-state index in [2.05, 4.69) is 4.98 Å². The maximum absolute atomic E-state index is 11.6. The zero-order chi connectivity index (χ0) is 17.9. The van der Waals surface area contributed by atoms with Crippen molar-refractivity contribution in [1.29, 1.82) is 0 Å². The minimum atomic E-state index is -1.13. The molecule has 0 aliphatic heterocycles. The molecule has 0 fully saturated rings. The summed E-state index contributed by atoms with van der Waals surface area (Å²) in [5.41, 5.74) is 2.07. The number of hydrogen-bond donors (Lipinski definition) is 1. The van der Waals surface area contributed by atoms with E-state index in [9.17, 15) is 9.90 Å². The van der Waals surface area contributed by atoms with Crippen molar-refractivity contribution in [2.24, 2.45) is 0 Å². The number of ether oxygens (including phenoxy) is 4. The summed E-state index contributed by atoms with van der Waals surface area (Å²) >= 11 is 0. The van der Waals surface area contributed by atoms with Crippen LogP contribution in [-0.4, -0.2) is 44.5 Å². The maximum atomic E-state index is 11.6. The van der Waals surface area contributed by atoms with Gasteiger partial charge in [-0.1, -0.05) is 0 Å². The number of benzene rings is 1. The zero-order valence-corrected chi connectivity index (χ0v) is 14.2. The molecule has 0 saturated heterocycles. The van der Waals surface area contributed by atoms with E-state index in [0.717, 1.165) is 5.56 Å². The first kappa shape index (κ1) is 17.4. The van der Waals surface area contributed by atoms with Crippen molar-refractivity contribution in [3.8, 4) is 34.3 Å². The summed E-state index contributed by atoms with van der Waals surface area (Å²) in [4.78, 5) is 15.8. The van der Waals surface area contributed by atoms with Crippen molar-refractivity contribution in [3.63, 3.8) is 0 Å². The molecule has 1 heterocycles. The highest BCUT2D eigenvalue weighted by Gasteiger charge is 2.25. The van der Waals surface area contributed by atoms with Gasteiger partial charge in [0, 0.05) is 23.4 Å². The standard InChI is InChI=1S/C17H19NO6/c1-9-6-13(21-2)18-8-12(9)10-7-11(17(19)20)15(23-4)16(24-5)14(10)22-3/h6-8H,1-5H3,(H,19,20). The van der Waals surface area contributed by atoms with Gasteiger partial charge in [0.15, 0.2) is 11.5 Å². The largest absolute Gasteiger partial charge is 0.492 e. The van der Waals surface area contributed by atoms with Crippen LogP contribution in [-0.2, 0) is 0 Å². The fraction of sp³-hybridized carbons (Fsp3) is 0.294.